The normalized spacial score (nSPS) is 10.4. The number of nitrogens with one attached hydrogen (secondary N) is 1. The van der Waals surface area contributed by atoms with Gasteiger partial charge in [0.1, 0.15) is 6.54 Å². The van der Waals surface area contributed by atoms with Crippen LogP contribution in [0.4, 0.5) is 5.69 Å². The Morgan fingerprint density at radius 2 is 1.72 bits per heavy atom. The fraction of sp³-hybridized carbons (Fsp3) is 0.143. The Labute approximate surface area is 171 Å². The topological polar surface area (TPSA) is 90.3 Å². The SMILES string of the molecule is CCOC(=O)c1ccc(NC(=O)Cn2nc(-c3ccc(Cl)cc3)ccc2=O)cc1. The van der Waals surface area contributed by atoms with Crippen molar-refractivity contribution in [3.8, 4) is 11.3 Å². The Morgan fingerprint density at radius 3 is 2.38 bits per heavy atom. The zero-order valence-corrected chi connectivity index (χ0v) is 16.3. The Balaban J connectivity index is 1.70. The molecule has 0 aliphatic rings. The summed E-state index contributed by atoms with van der Waals surface area (Å²) in [6.07, 6.45) is 0. The van der Waals surface area contributed by atoms with Gasteiger partial charge in [0, 0.05) is 22.3 Å². The maximum atomic E-state index is 12.3. The molecule has 1 aromatic heterocycles. The van der Waals surface area contributed by atoms with Crippen LogP contribution in [0.15, 0.2) is 65.5 Å². The van der Waals surface area contributed by atoms with Gasteiger partial charge in [-0.05, 0) is 49.4 Å². The monoisotopic (exact) mass is 411 g/mol. The van der Waals surface area contributed by atoms with E-state index in [0.717, 1.165) is 10.2 Å². The minimum absolute atomic E-state index is 0.250. The van der Waals surface area contributed by atoms with Gasteiger partial charge in [0.25, 0.3) is 5.56 Å². The van der Waals surface area contributed by atoms with Crippen molar-refractivity contribution in [1.82, 2.24) is 9.78 Å². The molecule has 29 heavy (non-hydrogen) atoms. The van der Waals surface area contributed by atoms with Crippen molar-refractivity contribution >= 4 is 29.2 Å². The number of halogens is 1. The number of aromatic nitrogens is 2. The molecule has 0 fully saturated rings. The Bertz CT molecular complexity index is 1080. The molecule has 0 atom stereocenters. The molecule has 0 saturated heterocycles. The van der Waals surface area contributed by atoms with Crippen molar-refractivity contribution in [3.63, 3.8) is 0 Å². The smallest absolute Gasteiger partial charge is 0.338 e. The van der Waals surface area contributed by atoms with E-state index in [0.29, 0.717) is 22.0 Å². The van der Waals surface area contributed by atoms with Crippen molar-refractivity contribution in [3.05, 3.63) is 81.6 Å². The van der Waals surface area contributed by atoms with Crippen LogP contribution in [-0.2, 0) is 16.1 Å². The molecule has 3 rings (SSSR count). The maximum Gasteiger partial charge on any atom is 0.338 e. The minimum Gasteiger partial charge on any atom is -0.462 e. The second-order valence-electron chi connectivity index (χ2n) is 6.07. The van der Waals surface area contributed by atoms with E-state index in [9.17, 15) is 14.4 Å². The summed E-state index contributed by atoms with van der Waals surface area (Å²) in [5.41, 5.74) is 1.81. The van der Waals surface area contributed by atoms with Gasteiger partial charge in [0.2, 0.25) is 5.91 Å². The molecule has 3 aromatic rings. The van der Waals surface area contributed by atoms with E-state index in [1.165, 1.54) is 6.07 Å². The quantitative estimate of drug-likeness (QED) is 0.628. The largest absolute Gasteiger partial charge is 0.462 e. The maximum absolute atomic E-state index is 12.3. The van der Waals surface area contributed by atoms with Crippen LogP contribution in [0, 0.1) is 0 Å². The van der Waals surface area contributed by atoms with Crippen LogP contribution in [0.25, 0.3) is 11.3 Å². The third kappa shape index (κ3) is 5.30. The average molecular weight is 412 g/mol. The molecule has 0 aliphatic heterocycles. The molecule has 148 valence electrons. The van der Waals surface area contributed by atoms with Crippen LogP contribution in [0.2, 0.25) is 5.02 Å². The van der Waals surface area contributed by atoms with E-state index in [-0.39, 0.29) is 13.2 Å². The summed E-state index contributed by atoms with van der Waals surface area (Å²) in [5.74, 6) is -0.850. The van der Waals surface area contributed by atoms with Gasteiger partial charge in [-0.1, -0.05) is 23.7 Å². The predicted octanol–water partition coefficient (Wildman–Crippen LogP) is 3.38. The van der Waals surface area contributed by atoms with E-state index < -0.39 is 17.4 Å². The number of rotatable bonds is 6. The lowest BCUT2D eigenvalue weighted by molar-refractivity contribution is -0.117. The van der Waals surface area contributed by atoms with Crippen molar-refractivity contribution < 1.29 is 14.3 Å². The number of benzene rings is 2. The molecule has 0 bridgehead atoms. The average Bonchev–Trinajstić information content (AvgIpc) is 2.71. The molecule has 7 nitrogen and oxygen atoms in total. The van der Waals surface area contributed by atoms with Gasteiger partial charge in [0.05, 0.1) is 17.9 Å². The van der Waals surface area contributed by atoms with Crippen LogP contribution < -0.4 is 10.9 Å². The lowest BCUT2D eigenvalue weighted by atomic mass is 10.1. The van der Waals surface area contributed by atoms with Crippen LogP contribution in [-0.4, -0.2) is 28.3 Å². The summed E-state index contributed by atoms with van der Waals surface area (Å²) < 4.78 is 6.00. The Kier molecular flexibility index (Phi) is 6.41. The third-order valence-corrected chi connectivity index (χ3v) is 4.23. The first-order chi connectivity index (χ1) is 14.0. The first-order valence-electron chi connectivity index (χ1n) is 8.87. The fourth-order valence-electron chi connectivity index (χ4n) is 2.58. The zero-order chi connectivity index (χ0) is 20.8. The number of anilines is 1. The van der Waals surface area contributed by atoms with Gasteiger partial charge in [-0.2, -0.15) is 5.10 Å². The number of esters is 1. The van der Waals surface area contributed by atoms with Crippen molar-refractivity contribution in [2.45, 2.75) is 13.5 Å². The van der Waals surface area contributed by atoms with Crippen molar-refractivity contribution in [2.75, 3.05) is 11.9 Å². The Hall–Kier alpha value is -3.45. The van der Waals surface area contributed by atoms with Gasteiger partial charge in [-0.3, -0.25) is 9.59 Å². The number of hydrogen-bond donors (Lipinski definition) is 1. The zero-order valence-electron chi connectivity index (χ0n) is 15.6. The van der Waals surface area contributed by atoms with Gasteiger partial charge < -0.3 is 10.1 Å². The molecule has 1 amide bonds. The highest BCUT2D eigenvalue weighted by Gasteiger charge is 2.10. The molecular weight excluding hydrogens is 394 g/mol. The van der Waals surface area contributed by atoms with Crippen LogP contribution in [0.3, 0.4) is 0 Å². The standard InChI is InChI=1S/C21H18ClN3O4/c1-2-29-21(28)15-5-9-17(10-6-15)23-19(26)13-25-20(27)12-11-18(24-25)14-3-7-16(22)8-4-14/h3-12H,2,13H2,1H3,(H,23,26). The number of nitrogens with zero attached hydrogens (tertiary/aromatic N) is 2. The molecule has 2 aromatic carbocycles. The molecule has 1 N–H and O–H groups in total. The highest BCUT2D eigenvalue weighted by atomic mass is 35.5. The second kappa shape index (κ2) is 9.16. The first kappa shape index (κ1) is 20.3. The molecule has 0 spiro atoms. The number of carbonyl (C=O) groups excluding carboxylic acids is 2. The van der Waals surface area contributed by atoms with Gasteiger partial charge in [-0.25, -0.2) is 9.48 Å². The predicted molar refractivity (Wildman–Crippen MR) is 110 cm³/mol. The second-order valence-corrected chi connectivity index (χ2v) is 6.50. The fourth-order valence-corrected chi connectivity index (χ4v) is 2.70. The van der Waals surface area contributed by atoms with E-state index in [1.807, 2.05) is 0 Å². The summed E-state index contributed by atoms with van der Waals surface area (Å²) >= 11 is 5.89. The molecule has 8 heteroatoms. The molecule has 0 unspecified atom stereocenters. The summed E-state index contributed by atoms with van der Waals surface area (Å²) in [6.45, 7) is 1.76. The summed E-state index contributed by atoms with van der Waals surface area (Å²) in [4.78, 5) is 36.1. The number of amides is 1. The van der Waals surface area contributed by atoms with Crippen molar-refractivity contribution in [1.29, 1.82) is 0 Å². The lowest BCUT2D eigenvalue weighted by Gasteiger charge is -2.09. The molecular formula is C21H18ClN3O4. The number of carbonyl (C=O) groups is 2. The van der Waals surface area contributed by atoms with E-state index in [4.69, 9.17) is 16.3 Å². The lowest BCUT2D eigenvalue weighted by Crippen LogP contribution is -2.29. The highest BCUT2D eigenvalue weighted by molar-refractivity contribution is 6.30. The summed E-state index contributed by atoms with van der Waals surface area (Å²) in [6, 6.07) is 16.2. The van der Waals surface area contributed by atoms with Crippen LogP contribution in [0.1, 0.15) is 17.3 Å². The third-order valence-electron chi connectivity index (χ3n) is 3.98. The molecule has 0 saturated carbocycles. The summed E-state index contributed by atoms with van der Waals surface area (Å²) in [7, 11) is 0. The van der Waals surface area contributed by atoms with Crippen LogP contribution in [0.5, 0.6) is 0 Å². The first-order valence-corrected chi connectivity index (χ1v) is 9.25. The molecule has 0 aliphatic carbocycles. The van der Waals surface area contributed by atoms with E-state index in [2.05, 4.69) is 10.4 Å². The van der Waals surface area contributed by atoms with E-state index in [1.54, 1.807) is 61.5 Å². The van der Waals surface area contributed by atoms with E-state index >= 15 is 0 Å². The molecule has 0 radical (unpaired) electrons. The van der Waals surface area contributed by atoms with Gasteiger partial charge in [-0.15, -0.1) is 0 Å². The van der Waals surface area contributed by atoms with Gasteiger partial charge in [0.15, 0.2) is 0 Å². The highest BCUT2D eigenvalue weighted by Crippen LogP contribution is 2.18. The van der Waals surface area contributed by atoms with Crippen LogP contribution >= 0.6 is 11.6 Å². The molecule has 1 heterocycles. The number of ether oxygens (including phenoxy) is 1. The number of hydrogen-bond acceptors (Lipinski definition) is 5. The minimum atomic E-state index is -0.430. The van der Waals surface area contributed by atoms with Crippen molar-refractivity contribution in [2.24, 2.45) is 0 Å². The van der Waals surface area contributed by atoms with Gasteiger partial charge >= 0.3 is 5.97 Å². The summed E-state index contributed by atoms with van der Waals surface area (Å²) in [5, 5.41) is 7.52. The Morgan fingerprint density at radius 1 is 1.03 bits per heavy atom.